The largest absolute Gasteiger partial charge is 0.493 e. The SMILES string of the molecule is CCCCOc1ccc(S(=O)(=O)N2CCN(c3ccccc3)CC2)cc1C. The summed E-state index contributed by atoms with van der Waals surface area (Å²) in [4.78, 5) is 2.57. The molecule has 146 valence electrons. The van der Waals surface area contributed by atoms with Gasteiger partial charge in [-0.15, -0.1) is 0 Å². The van der Waals surface area contributed by atoms with E-state index in [9.17, 15) is 8.42 Å². The Labute approximate surface area is 162 Å². The summed E-state index contributed by atoms with van der Waals surface area (Å²) in [5.74, 6) is 0.760. The number of hydrogen-bond acceptors (Lipinski definition) is 4. The number of nitrogens with zero attached hydrogens (tertiary/aromatic N) is 2. The first-order chi connectivity index (χ1) is 13.0. The number of unbranched alkanes of at least 4 members (excludes halogenated alkanes) is 1. The van der Waals surface area contributed by atoms with Gasteiger partial charge in [-0.05, 0) is 49.2 Å². The van der Waals surface area contributed by atoms with E-state index in [0.29, 0.717) is 37.7 Å². The number of anilines is 1. The van der Waals surface area contributed by atoms with Crippen LogP contribution in [-0.2, 0) is 10.0 Å². The Morgan fingerprint density at radius 2 is 1.70 bits per heavy atom. The summed E-state index contributed by atoms with van der Waals surface area (Å²) < 4.78 is 33.4. The van der Waals surface area contributed by atoms with Crippen molar-refractivity contribution in [2.75, 3.05) is 37.7 Å². The van der Waals surface area contributed by atoms with Gasteiger partial charge in [0.05, 0.1) is 11.5 Å². The lowest BCUT2D eigenvalue weighted by molar-refractivity contribution is 0.307. The van der Waals surface area contributed by atoms with Crippen molar-refractivity contribution in [3.63, 3.8) is 0 Å². The molecule has 0 unspecified atom stereocenters. The summed E-state index contributed by atoms with van der Waals surface area (Å²) in [6.45, 7) is 7.04. The Bertz CT molecular complexity index is 845. The van der Waals surface area contributed by atoms with E-state index in [1.807, 2.05) is 25.1 Å². The molecule has 0 bridgehead atoms. The van der Waals surface area contributed by atoms with Crippen molar-refractivity contribution in [2.45, 2.75) is 31.6 Å². The second-order valence-electron chi connectivity index (χ2n) is 6.86. The summed E-state index contributed by atoms with van der Waals surface area (Å²) in [5, 5.41) is 0. The van der Waals surface area contributed by atoms with Crippen molar-refractivity contribution in [2.24, 2.45) is 0 Å². The van der Waals surface area contributed by atoms with Gasteiger partial charge in [0.1, 0.15) is 5.75 Å². The molecule has 1 heterocycles. The maximum Gasteiger partial charge on any atom is 0.243 e. The van der Waals surface area contributed by atoms with E-state index in [2.05, 4.69) is 24.0 Å². The lowest BCUT2D eigenvalue weighted by Crippen LogP contribution is -2.48. The van der Waals surface area contributed by atoms with Crippen LogP contribution in [0.4, 0.5) is 5.69 Å². The van der Waals surface area contributed by atoms with Crippen LogP contribution in [0.15, 0.2) is 53.4 Å². The van der Waals surface area contributed by atoms with Gasteiger partial charge in [0.15, 0.2) is 0 Å². The average molecular weight is 389 g/mol. The van der Waals surface area contributed by atoms with E-state index in [1.54, 1.807) is 22.5 Å². The predicted molar refractivity (Wildman–Crippen MR) is 109 cm³/mol. The van der Waals surface area contributed by atoms with Crippen LogP contribution in [-0.4, -0.2) is 45.5 Å². The molecule has 0 spiro atoms. The molecule has 0 atom stereocenters. The molecule has 1 saturated heterocycles. The minimum atomic E-state index is -3.48. The van der Waals surface area contributed by atoms with Crippen molar-refractivity contribution in [3.8, 4) is 5.75 Å². The van der Waals surface area contributed by atoms with Crippen LogP contribution in [0.2, 0.25) is 0 Å². The minimum absolute atomic E-state index is 0.344. The molecule has 0 amide bonds. The molecule has 3 rings (SSSR count). The second kappa shape index (κ2) is 8.76. The Morgan fingerprint density at radius 1 is 1.00 bits per heavy atom. The molecule has 1 aliphatic heterocycles. The highest BCUT2D eigenvalue weighted by molar-refractivity contribution is 7.89. The Balaban J connectivity index is 1.67. The molecular formula is C21H28N2O3S. The molecule has 0 radical (unpaired) electrons. The fourth-order valence-corrected chi connectivity index (χ4v) is 4.75. The number of para-hydroxylation sites is 1. The topological polar surface area (TPSA) is 49.9 Å². The first kappa shape index (κ1) is 19.7. The van der Waals surface area contributed by atoms with Gasteiger partial charge in [0, 0.05) is 31.9 Å². The summed E-state index contributed by atoms with van der Waals surface area (Å²) >= 11 is 0. The summed E-state index contributed by atoms with van der Waals surface area (Å²) in [7, 11) is -3.48. The van der Waals surface area contributed by atoms with Crippen LogP contribution < -0.4 is 9.64 Å². The van der Waals surface area contributed by atoms with Gasteiger partial charge in [-0.25, -0.2) is 8.42 Å². The van der Waals surface area contributed by atoms with Crippen LogP contribution in [0.1, 0.15) is 25.3 Å². The maximum absolute atomic E-state index is 13.0. The van der Waals surface area contributed by atoms with Crippen LogP contribution >= 0.6 is 0 Å². The summed E-state index contributed by atoms with van der Waals surface area (Å²) in [6, 6.07) is 15.3. The van der Waals surface area contributed by atoms with Crippen molar-refractivity contribution < 1.29 is 13.2 Å². The van der Waals surface area contributed by atoms with E-state index in [0.717, 1.165) is 29.8 Å². The number of hydrogen-bond donors (Lipinski definition) is 0. The highest BCUT2D eigenvalue weighted by Crippen LogP contribution is 2.26. The normalized spacial score (nSPS) is 15.7. The highest BCUT2D eigenvalue weighted by atomic mass is 32.2. The molecule has 0 aliphatic carbocycles. The third-order valence-electron chi connectivity index (χ3n) is 4.90. The number of benzene rings is 2. The molecule has 2 aromatic rings. The molecule has 1 aliphatic rings. The van der Waals surface area contributed by atoms with Crippen molar-refractivity contribution in [3.05, 3.63) is 54.1 Å². The number of aryl methyl sites for hydroxylation is 1. The maximum atomic E-state index is 13.0. The molecule has 0 saturated carbocycles. The van der Waals surface area contributed by atoms with Gasteiger partial charge >= 0.3 is 0 Å². The third-order valence-corrected chi connectivity index (χ3v) is 6.79. The predicted octanol–water partition coefficient (Wildman–Crippen LogP) is 3.68. The Kier molecular flexibility index (Phi) is 6.39. The van der Waals surface area contributed by atoms with Crippen LogP contribution in [0, 0.1) is 6.92 Å². The van der Waals surface area contributed by atoms with Crippen molar-refractivity contribution in [1.29, 1.82) is 0 Å². The molecule has 6 heteroatoms. The third kappa shape index (κ3) is 4.62. The molecule has 2 aromatic carbocycles. The minimum Gasteiger partial charge on any atom is -0.493 e. The van der Waals surface area contributed by atoms with Crippen molar-refractivity contribution >= 4 is 15.7 Å². The van der Waals surface area contributed by atoms with Crippen molar-refractivity contribution in [1.82, 2.24) is 4.31 Å². The van der Waals surface area contributed by atoms with E-state index >= 15 is 0 Å². The van der Waals surface area contributed by atoms with E-state index < -0.39 is 10.0 Å². The zero-order valence-electron chi connectivity index (χ0n) is 16.1. The van der Waals surface area contributed by atoms with Gasteiger partial charge in [0.2, 0.25) is 10.0 Å². The van der Waals surface area contributed by atoms with E-state index in [1.165, 1.54) is 0 Å². The molecule has 0 aromatic heterocycles. The first-order valence-electron chi connectivity index (χ1n) is 9.56. The smallest absolute Gasteiger partial charge is 0.243 e. The molecule has 27 heavy (non-hydrogen) atoms. The standard InChI is InChI=1S/C21H28N2O3S/c1-3-4-16-26-21-11-10-20(17-18(21)2)27(24,25)23-14-12-22(13-15-23)19-8-6-5-7-9-19/h5-11,17H,3-4,12-16H2,1-2H3. The fraction of sp³-hybridized carbons (Fsp3) is 0.429. The van der Waals surface area contributed by atoms with Crippen LogP contribution in [0.3, 0.4) is 0 Å². The van der Waals surface area contributed by atoms with Crippen LogP contribution in [0.25, 0.3) is 0 Å². The lowest BCUT2D eigenvalue weighted by atomic mass is 10.2. The number of sulfonamides is 1. The quantitative estimate of drug-likeness (QED) is 0.679. The van der Waals surface area contributed by atoms with Gasteiger partial charge in [0.25, 0.3) is 0 Å². The molecule has 1 fully saturated rings. The monoisotopic (exact) mass is 388 g/mol. The molecule has 5 nitrogen and oxygen atoms in total. The second-order valence-corrected chi connectivity index (χ2v) is 8.79. The van der Waals surface area contributed by atoms with Gasteiger partial charge in [-0.1, -0.05) is 31.5 Å². The van der Waals surface area contributed by atoms with E-state index in [4.69, 9.17) is 4.74 Å². The van der Waals surface area contributed by atoms with E-state index in [-0.39, 0.29) is 0 Å². The van der Waals surface area contributed by atoms with Gasteiger partial charge in [-0.2, -0.15) is 4.31 Å². The summed E-state index contributed by atoms with van der Waals surface area (Å²) in [6.07, 6.45) is 2.06. The van der Waals surface area contributed by atoms with Gasteiger partial charge in [-0.3, -0.25) is 0 Å². The first-order valence-corrected chi connectivity index (χ1v) is 11.0. The number of ether oxygens (including phenoxy) is 1. The molecule has 0 N–H and O–H groups in total. The fourth-order valence-electron chi connectivity index (χ4n) is 3.25. The highest BCUT2D eigenvalue weighted by Gasteiger charge is 2.28. The lowest BCUT2D eigenvalue weighted by Gasteiger charge is -2.35. The number of piperazine rings is 1. The Hall–Kier alpha value is -2.05. The van der Waals surface area contributed by atoms with Gasteiger partial charge < -0.3 is 9.64 Å². The zero-order valence-corrected chi connectivity index (χ0v) is 16.9. The average Bonchev–Trinajstić information content (AvgIpc) is 2.70. The Morgan fingerprint density at radius 3 is 2.33 bits per heavy atom. The van der Waals surface area contributed by atoms with Crippen LogP contribution in [0.5, 0.6) is 5.75 Å². The summed E-state index contributed by atoms with van der Waals surface area (Å²) in [5.41, 5.74) is 1.99. The molecular weight excluding hydrogens is 360 g/mol. The number of rotatable bonds is 7. The zero-order chi connectivity index (χ0) is 19.3.